The first-order chi connectivity index (χ1) is 10.2. The van der Waals surface area contributed by atoms with E-state index in [0.29, 0.717) is 23.8 Å². The van der Waals surface area contributed by atoms with Crippen molar-refractivity contribution < 1.29 is 5.11 Å². The van der Waals surface area contributed by atoms with Crippen molar-refractivity contribution in [2.24, 2.45) is 5.92 Å². The molecule has 2 unspecified atom stereocenters. The summed E-state index contributed by atoms with van der Waals surface area (Å²) in [5.74, 6) is 2.35. The first-order valence-electron chi connectivity index (χ1n) is 7.76. The number of anilines is 3. The minimum atomic E-state index is -0.144. The Hall–Kier alpha value is -1.63. The second kappa shape index (κ2) is 7.40. The highest BCUT2D eigenvalue weighted by Crippen LogP contribution is 2.25. The quantitative estimate of drug-likeness (QED) is 0.699. The van der Waals surface area contributed by atoms with Crippen molar-refractivity contribution in [3.8, 4) is 0 Å². The van der Waals surface area contributed by atoms with Crippen LogP contribution in [-0.4, -0.2) is 52.8 Å². The highest BCUT2D eigenvalue weighted by molar-refractivity contribution is 5.43. The second-order valence-corrected chi connectivity index (χ2v) is 5.42. The third-order valence-electron chi connectivity index (χ3n) is 3.96. The Morgan fingerprint density at radius 1 is 1.14 bits per heavy atom. The molecule has 0 saturated heterocycles. The first-order valence-corrected chi connectivity index (χ1v) is 7.76. The summed E-state index contributed by atoms with van der Waals surface area (Å²) in [4.78, 5) is 15.3. The summed E-state index contributed by atoms with van der Waals surface area (Å²) >= 11 is 0. The van der Waals surface area contributed by atoms with Crippen LogP contribution in [0.3, 0.4) is 0 Å². The summed E-state index contributed by atoms with van der Waals surface area (Å²) in [5.41, 5.74) is 0. The molecule has 0 radical (unpaired) electrons. The molecule has 1 aromatic rings. The number of aliphatic hydroxyl groups is 1. The molecule has 0 aromatic carbocycles. The maximum absolute atomic E-state index is 9.57. The molecule has 21 heavy (non-hydrogen) atoms. The van der Waals surface area contributed by atoms with Crippen molar-refractivity contribution >= 4 is 17.8 Å². The average molecular weight is 294 g/mol. The van der Waals surface area contributed by atoms with Crippen molar-refractivity contribution in [2.45, 2.75) is 39.2 Å². The molecular weight excluding hydrogens is 268 g/mol. The number of aromatic nitrogens is 3. The predicted octanol–water partition coefficient (Wildman–Crippen LogP) is 1.33. The average Bonchev–Trinajstić information content (AvgIpc) is 2.92. The smallest absolute Gasteiger partial charge is 0.231 e. The van der Waals surface area contributed by atoms with Gasteiger partial charge in [-0.3, -0.25) is 0 Å². The Morgan fingerprint density at radius 2 is 1.86 bits per heavy atom. The number of hydrogen-bond donors (Lipinski definition) is 3. The third-order valence-corrected chi connectivity index (χ3v) is 3.96. The molecule has 1 aliphatic rings. The molecule has 1 heterocycles. The van der Waals surface area contributed by atoms with Gasteiger partial charge in [0.1, 0.15) is 0 Å². The molecule has 1 saturated carbocycles. The topological polar surface area (TPSA) is 86.2 Å². The molecule has 3 N–H and O–H groups in total. The van der Waals surface area contributed by atoms with E-state index in [1.165, 1.54) is 0 Å². The van der Waals surface area contributed by atoms with Gasteiger partial charge >= 0.3 is 0 Å². The van der Waals surface area contributed by atoms with Gasteiger partial charge in [-0.1, -0.05) is 0 Å². The molecule has 1 aliphatic carbocycles. The molecule has 2 rings (SSSR count). The maximum Gasteiger partial charge on any atom is 0.231 e. The van der Waals surface area contributed by atoms with Crippen LogP contribution < -0.4 is 15.5 Å². The van der Waals surface area contributed by atoms with Gasteiger partial charge in [-0.15, -0.1) is 0 Å². The standard InChI is InChI=1S/C14H26N6O/c1-4-20(5-2)14-18-12(15-3)17-13(19-14)16-9-10-6-7-11(21)8-10/h10-11,21H,4-9H2,1-3H3,(H2,15,16,17,18,19). The Labute approximate surface area is 126 Å². The Morgan fingerprint density at radius 3 is 2.43 bits per heavy atom. The molecule has 0 spiro atoms. The lowest BCUT2D eigenvalue weighted by atomic mass is 10.1. The zero-order chi connectivity index (χ0) is 15.2. The van der Waals surface area contributed by atoms with Crippen molar-refractivity contribution in [1.29, 1.82) is 0 Å². The zero-order valence-electron chi connectivity index (χ0n) is 13.1. The summed E-state index contributed by atoms with van der Waals surface area (Å²) in [5, 5.41) is 15.8. The molecule has 0 bridgehead atoms. The number of hydrogen-bond acceptors (Lipinski definition) is 7. The number of nitrogens with zero attached hydrogens (tertiary/aromatic N) is 4. The molecular formula is C14H26N6O. The van der Waals surface area contributed by atoms with Crippen LogP contribution in [0.4, 0.5) is 17.8 Å². The minimum absolute atomic E-state index is 0.144. The van der Waals surface area contributed by atoms with E-state index in [4.69, 9.17) is 0 Å². The molecule has 2 atom stereocenters. The van der Waals surface area contributed by atoms with E-state index >= 15 is 0 Å². The lowest BCUT2D eigenvalue weighted by Gasteiger charge is -2.20. The van der Waals surface area contributed by atoms with Crippen LogP contribution in [0.5, 0.6) is 0 Å². The van der Waals surface area contributed by atoms with E-state index in [9.17, 15) is 5.11 Å². The van der Waals surface area contributed by atoms with Gasteiger partial charge in [-0.2, -0.15) is 15.0 Å². The maximum atomic E-state index is 9.57. The normalized spacial score (nSPS) is 21.3. The van der Waals surface area contributed by atoms with E-state index in [2.05, 4.69) is 44.3 Å². The summed E-state index contributed by atoms with van der Waals surface area (Å²) in [7, 11) is 1.80. The van der Waals surface area contributed by atoms with Crippen molar-refractivity contribution in [2.75, 3.05) is 42.2 Å². The van der Waals surface area contributed by atoms with Crippen molar-refractivity contribution in [1.82, 2.24) is 15.0 Å². The number of aliphatic hydroxyl groups excluding tert-OH is 1. The van der Waals surface area contributed by atoms with Crippen LogP contribution in [0.15, 0.2) is 0 Å². The Kier molecular flexibility index (Phi) is 5.55. The minimum Gasteiger partial charge on any atom is -0.393 e. The van der Waals surface area contributed by atoms with E-state index in [0.717, 1.165) is 38.9 Å². The van der Waals surface area contributed by atoms with Gasteiger partial charge in [-0.25, -0.2) is 0 Å². The van der Waals surface area contributed by atoms with Gasteiger partial charge in [0.15, 0.2) is 0 Å². The van der Waals surface area contributed by atoms with Gasteiger partial charge in [-0.05, 0) is 39.0 Å². The van der Waals surface area contributed by atoms with E-state index in [1.54, 1.807) is 7.05 Å². The van der Waals surface area contributed by atoms with Crippen molar-refractivity contribution in [3.05, 3.63) is 0 Å². The predicted molar refractivity (Wildman–Crippen MR) is 84.8 cm³/mol. The fourth-order valence-electron chi connectivity index (χ4n) is 2.67. The summed E-state index contributed by atoms with van der Waals surface area (Å²) in [6.07, 6.45) is 2.67. The fourth-order valence-corrected chi connectivity index (χ4v) is 2.67. The molecule has 1 aromatic heterocycles. The van der Waals surface area contributed by atoms with Crippen LogP contribution in [-0.2, 0) is 0 Å². The fraction of sp³-hybridized carbons (Fsp3) is 0.786. The number of rotatable bonds is 7. The molecule has 7 nitrogen and oxygen atoms in total. The van der Waals surface area contributed by atoms with Gasteiger partial charge in [0.05, 0.1) is 6.10 Å². The van der Waals surface area contributed by atoms with Gasteiger partial charge in [0.2, 0.25) is 17.8 Å². The van der Waals surface area contributed by atoms with Crippen LogP contribution in [0.2, 0.25) is 0 Å². The highest BCUT2D eigenvalue weighted by Gasteiger charge is 2.22. The van der Waals surface area contributed by atoms with E-state index in [-0.39, 0.29) is 6.10 Å². The number of nitrogens with one attached hydrogen (secondary N) is 2. The van der Waals surface area contributed by atoms with Crippen LogP contribution in [0, 0.1) is 5.92 Å². The Bertz CT molecular complexity index is 451. The largest absolute Gasteiger partial charge is 0.393 e. The zero-order valence-corrected chi connectivity index (χ0v) is 13.1. The summed E-state index contributed by atoms with van der Waals surface area (Å²) in [6, 6.07) is 0. The first kappa shape index (κ1) is 15.8. The molecule has 0 aliphatic heterocycles. The van der Waals surface area contributed by atoms with Crippen LogP contribution in [0.1, 0.15) is 33.1 Å². The van der Waals surface area contributed by atoms with Gasteiger partial charge < -0.3 is 20.6 Å². The summed E-state index contributed by atoms with van der Waals surface area (Å²) in [6.45, 7) is 6.68. The molecule has 7 heteroatoms. The van der Waals surface area contributed by atoms with Gasteiger partial charge in [0, 0.05) is 26.7 Å². The molecule has 118 valence electrons. The highest BCUT2D eigenvalue weighted by atomic mass is 16.3. The summed E-state index contributed by atoms with van der Waals surface area (Å²) < 4.78 is 0. The van der Waals surface area contributed by atoms with E-state index < -0.39 is 0 Å². The monoisotopic (exact) mass is 294 g/mol. The van der Waals surface area contributed by atoms with Crippen LogP contribution in [0.25, 0.3) is 0 Å². The SMILES string of the molecule is CCN(CC)c1nc(NC)nc(NCC2CCC(O)C2)n1. The lowest BCUT2D eigenvalue weighted by Crippen LogP contribution is -2.25. The van der Waals surface area contributed by atoms with E-state index in [1.807, 2.05) is 0 Å². The third kappa shape index (κ3) is 4.17. The Balaban J connectivity index is 2.05. The molecule has 1 fully saturated rings. The lowest BCUT2D eigenvalue weighted by molar-refractivity contribution is 0.178. The van der Waals surface area contributed by atoms with Crippen LogP contribution >= 0.6 is 0 Å². The second-order valence-electron chi connectivity index (χ2n) is 5.42. The van der Waals surface area contributed by atoms with Gasteiger partial charge in [0.25, 0.3) is 0 Å². The van der Waals surface area contributed by atoms with Crippen molar-refractivity contribution in [3.63, 3.8) is 0 Å². The molecule has 0 amide bonds.